The normalized spacial score (nSPS) is 14.7. The van der Waals surface area contributed by atoms with Crippen LogP contribution in [0.3, 0.4) is 0 Å². The Bertz CT molecular complexity index is 1030. The summed E-state index contributed by atoms with van der Waals surface area (Å²) in [7, 11) is 3.01. The van der Waals surface area contributed by atoms with Gasteiger partial charge in [0.1, 0.15) is 23.7 Å². The largest absolute Gasteiger partial charge is 0.496 e. The second-order valence-electron chi connectivity index (χ2n) is 6.52. The number of methoxy groups -OCH3 is 2. The molecule has 4 amide bonds. The van der Waals surface area contributed by atoms with Crippen molar-refractivity contribution in [3.63, 3.8) is 0 Å². The van der Waals surface area contributed by atoms with E-state index in [0.29, 0.717) is 27.2 Å². The summed E-state index contributed by atoms with van der Waals surface area (Å²) >= 11 is 3.38. The molecule has 0 aliphatic carbocycles. The van der Waals surface area contributed by atoms with E-state index in [9.17, 15) is 14.4 Å². The quantitative estimate of drug-likeness (QED) is 0.495. The summed E-state index contributed by atoms with van der Waals surface area (Å²) < 4.78 is 11.2. The molecule has 2 aromatic carbocycles. The molecular formula is C21H20BrN3O5. The van der Waals surface area contributed by atoms with Crippen LogP contribution >= 0.6 is 15.9 Å². The molecule has 156 valence electrons. The number of ether oxygens (including phenoxy) is 2. The van der Waals surface area contributed by atoms with Crippen LogP contribution in [0.15, 0.2) is 46.6 Å². The molecule has 1 heterocycles. The Morgan fingerprint density at radius 2 is 1.80 bits per heavy atom. The average Bonchev–Trinajstić information content (AvgIpc) is 2.97. The van der Waals surface area contributed by atoms with E-state index in [0.717, 1.165) is 10.5 Å². The fraction of sp³-hybridized carbons (Fsp3) is 0.190. The van der Waals surface area contributed by atoms with Gasteiger partial charge in [0.2, 0.25) is 5.91 Å². The van der Waals surface area contributed by atoms with Crippen LogP contribution in [0, 0.1) is 6.92 Å². The molecule has 0 bridgehead atoms. The van der Waals surface area contributed by atoms with Crippen molar-refractivity contribution < 1.29 is 23.9 Å². The highest BCUT2D eigenvalue weighted by atomic mass is 79.9. The predicted molar refractivity (Wildman–Crippen MR) is 115 cm³/mol. The number of imide groups is 1. The zero-order valence-electron chi connectivity index (χ0n) is 16.6. The number of halogens is 1. The van der Waals surface area contributed by atoms with Gasteiger partial charge in [0.15, 0.2) is 0 Å². The van der Waals surface area contributed by atoms with Gasteiger partial charge in [0, 0.05) is 17.3 Å². The van der Waals surface area contributed by atoms with Crippen LogP contribution in [0.25, 0.3) is 6.08 Å². The third-order valence-electron chi connectivity index (χ3n) is 4.40. The van der Waals surface area contributed by atoms with E-state index >= 15 is 0 Å². The maximum atomic E-state index is 12.7. The molecule has 1 fully saturated rings. The van der Waals surface area contributed by atoms with Crippen LogP contribution in [-0.2, 0) is 9.59 Å². The molecule has 1 aliphatic heterocycles. The van der Waals surface area contributed by atoms with E-state index in [4.69, 9.17) is 9.47 Å². The monoisotopic (exact) mass is 473 g/mol. The Morgan fingerprint density at radius 3 is 2.43 bits per heavy atom. The van der Waals surface area contributed by atoms with Crippen molar-refractivity contribution in [2.75, 3.05) is 26.1 Å². The fourth-order valence-electron chi connectivity index (χ4n) is 2.85. The number of amides is 4. The van der Waals surface area contributed by atoms with Crippen LogP contribution in [-0.4, -0.2) is 43.5 Å². The third kappa shape index (κ3) is 4.62. The van der Waals surface area contributed by atoms with Gasteiger partial charge in [-0.25, -0.2) is 9.69 Å². The number of rotatable bonds is 6. The summed E-state index contributed by atoms with van der Waals surface area (Å²) in [5.74, 6) is -0.0632. The van der Waals surface area contributed by atoms with Crippen molar-refractivity contribution in [1.82, 2.24) is 10.2 Å². The second kappa shape index (κ2) is 9.00. The van der Waals surface area contributed by atoms with Crippen LogP contribution in [0.4, 0.5) is 10.5 Å². The van der Waals surface area contributed by atoms with E-state index in [1.54, 1.807) is 24.3 Å². The average molecular weight is 474 g/mol. The fourth-order valence-corrected chi connectivity index (χ4v) is 3.37. The van der Waals surface area contributed by atoms with Crippen molar-refractivity contribution in [3.05, 3.63) is 57.7 Å². The van der Waals surface area contributed by atoms with Gasteiger partial charge in [0.25, 0.3) is 5.91 Å². The van der Waals surface area contributed by atoms with Gasteiger partial charge in [-0.15, -0.1) is 0 Å². The number of carbonyl (C=O) groups excluding carboxylic acids is 3. The molecule has 0 radical (unpaired) electrons. The summed E-state index contributed by atoms with van der Waals surface area (Å²) in [4.78, 5) is 38.1. The number of hydrogen-bond acceptors (Lipinski definition) is 5. The first kappa shape index (κ1) is 21.4. The van der Waals surface area contributed by atoms with E-state index in [1.165, 1.54) is 20.3 Å². The van der Waals surface area contributed by atoms with E-state index in [1.807, 2.05) is 19.1 Å². The van der Waals surface area contributed by atoms with Crippen LogP contribution in [0.2, 0.25) is 0 Å². The number of nitrogens with zero attached hydrogens (tertiary/aromatic N) is 1. The highest BCUT2D eigenvalue weighted by molar-refractivity contribution is 9.10. The Labute approximate surface area is 182 Å². The zero-order chi connectivity index (χ0) is 21.8. The number of nitrogens with one attached hydrogen (secondary N) is 2. The first-order valence-corrected chi connectivity index (χ1v) is 9.74. The second-order valence-corrected chi connectivity index (χ2v) is 7.38. The van der Waals surface area contributed by atoms with E-state index in [-0.39, 0.29) is 5.70 Å². The summed E-state index contributed by atoms with van der Waals surface area (Å²) in [6, 6.07) is 9.89. The highest BCUT2D eigenvalue weighted by Crippen LogP contribution is 2.34. The summed E-state index contributed by atoms with van der Waals surface area (Å²) in [6.45, 7) is 1.53. The lowest BCUT2D eigenvalue weighted by Crippen LogP contribution is -2.38. The molecule has 0 spiro atoms. The number of anilines is 1. The van der Waals surface area contributed by atoms with Gasteiger partial charge in [-0.3, -0.25) is 9.59 Å². The SMILES string of the molecule is COc1cc(OC)c(/C=C2\NC(=O)N(CC(=O)Nc3ccc(C)cc3)C2=O)cc1Br. The number of aryl methyl sites for hydroxylation is 1. The number of urea groups is 1. The summed E-state index contributed by atoms with van der Waals surface area (Å²) in [6.07, 6.45) is 1.49. The number of benzene rings is 2. The van der Waals surface area contributed by atoms with Crippen LogP contribution in [0.5, 0.6) is 11.5 Å². The summed E-state index contributed by atoms with van der Waals surface area (Å²) in [5.41, 5.74) is 2.23. The molecule has 9 heteroatoms. The molecule has 0 saturated carbocycles. The number of hydrogen-bond donors (Lipinski definition) is 2. The molecule has 0 unspecified atom stereocenters. The van der Waals surface area contributed by atoms with Crippen molar-refractivity contribution in [2.45, 2.75) is 6.92 Å². The van der Waals surface area contributed by atoms with E-state index < -0.39 is 24.4 Å². The van der Waals surface area contributed by atoms with Crippen LogP contribution in [0.1, 0.15) is 11.1 Å². The molecule has 0 aromatic heterocycles. The van der Waals surface area contributed by atoms with Crippen molar-refractivity contribution in [3.8, 4) is 11.5 Å². The van der Waals surface area contributed by atoms with E-state index in [2.05, 4.69) is 26.6 Å². The Balaban J connectivity index is 1.76. The minimum atomic E-state index is -0.670. The predicted octanol–water partition coefficient (Wildman–Crippen LogP) is 3.31. The zero-order valence-corrected chi connectivity index (χ0v) is 18.2. The molecule has 2 aromatic rings. The Hall–Kier alpha value is -3.33. The van der Waals surface area contributed by atoms with Gasteiger partial charge in [0.05, 0.1) is 18.7 Å². The molecule has 1 aliphatic rings. The van der Waals surface area contributed by atoms with Crippen molar-refractivity contribution in [1.29, 1.82) is 0 Å². The minimum absolute atomic E-state index is 0.0403. The minimum Gasteiger partial charge on any atom is -0.496 e. The Kier molecular flexibility index (Phi) is 6.41. The molecular weight excluding hydrogens is 454 g/mol. The highest BCUT2D eigenvalue weighted by Gasteiger charge is 2.35. The molecule has 3 rings (SSSR count). The molecule has 30 heavy (non-hydrogen) atoms. The van der Waals surface area contributed by atoms with Gasteiger partial charge < -0.3 is 20.1 Å². The topological polar surface area (TPSA) is 97.0 Å². The smallest absolute Gasteiger partial charge is 0.329 e. The van der Waals surface area contributed by atoms with Crippen molar-refractivity contribution in [2.24, 2.45) is 0 Å². The third-order valence-corrected chi connectivity index (χ3v) is 5.02. The van der Waals surface area contributed by atoms with Gasteiger partial charge in [-0.05, 0) is 47.1 Å². The molecule has 8 nitrogen and oxygen atoms in total. The Morgan fingerprint density at radius 1 is 1.13 bits per heavy atom. The standard InChI is InChI=1S/C21H20BrN3O5/c1-12-4-6-14(7-5-12)23-19(26)11-25-20(27)16(24-21(25)28)9-13-8-15(22)18(30-3)10-17(13)29-2/h4-10H,11H2,1-3H3,(H,23,26)(H,24,28)/b16-9-. The van der Waals surface area contributed by atoms with Gasteiger partial charge in [-0.1, -0.05) is 17.7 Å². The van der Waals surface area contributed by atoms with Crippen LogP contribution < -0.4 is 20.1 Å². The summed E-state index contributed by atoms with van der Waals surface area (Å²) in [5, 5.41) is 5.16. The molecule has 0 atom stereocenters. The molecule has 1 saturated heterocycles. The molecule has 2 N–H and O–H groups in total. The van der Waals surface area contributed by atoms with Crippen molar-refractivity contribution >= 4 is 45.5 Å². The lowest BCUT2D eigenvalue weighted by Gasteiger charge is -2.12. The maximum absolute atomic E-state index is 12.7. The lowest BCUT2D eigenvalue weighted by atomic mass is 10.1. The van der Waals surface area contributed by atoms with Gasteiger partial charge in [-0.2, -0.15) is 0 Å². The number of carbonyl (C=O) groups is 3. The maximum Gasteiger partial charge on any atom is 0.329 e. The lowest BCUT2D eigenvalue weighted by molar-refractivity contribution is -0.127. The first-order chi connectivity index (χ1) is 14.3. The van der Waals surface area contributed by atoms with Gasteiger partial charge >= 0.3 is 6.03 Å². The first-order valence-electron chi connectivity index (χ1n) is 8.95.